The molecular weight excluding hydrogens is 473 g/mol. The highest BCUT2D eigenvalue weighted by atomic mass is 35.5. The van der Waals surface area contributed by atoms with Crippen molar-refractivity contribution >= 4 is 17.3 Å². The molecule has 4 heterocycles. The maximum atomic E-state index is 13.3. The fourth-order valence-corrected chi connectivity index (χ4v) is 4.01. The first-order chi connectivity index (χ1) is 16.5. The topological polar surface area (TPSA) is 102 Å². The molecule has 0 bridgehead atoms. The quantitative estimate of drug-likeness (QED) is 0.510. The first-order valence-electron chi connectivity index (χ1n) is 11.0. The molecule has 3 aromatic heterocycles. The second-order valence-electron chi connectivity index (χ2n) is 8.87. The van der Waals surface area contributed by atoms with Crippen LogP contribution in [0.5, 0.6) is 5.75 Å². The van der Waals surface area contributed by atoms with Crippen molar-refractivity contribution in [2.45, 2.75) is 52.4 Å². The van der Waals surface area contributed by atoms with Gasteiger partial charge in [-0.05, 0) is 51.5 Å². The molecule has 0 unspecified atom stereocenters. The SMILES string of the molecule is CC1=CN=C(c2ccnc(C(C)(C)O)n2)C[C@H]1n1c(C)cc(OCc2cccc(F)n2)c(Cl)c1=O. The molecule has 8 nitrogen and oxygen atoms in total. The van der Waals surface area contributed by atoms with Crippen LogP contribution < -0.4 is 10.3 Å². The van der Waals surface area contributed by atoms with Crippen LogP contribution in [0, 0.1) is 12.9 Å². The van der Waals surface area contributed by atoms with Gasteiger partial charge in [0.2, 0.25) is 5.95 Å². The number of ether oxygens (including phenoxy) is 1. The van der Waals surface area contributed by atoms with Crippen LogP contribution in [-0.4, -0.2) is 30.3 Å². The third-order valence-corrected chi connectivity index (χ3v) is 5.99. The normalized spacial score (nSPS) is 16.0. The molecule has 1 aliphatic heterocycles. The van der Waals surface area contributed by atoms with Gasteiger partial charge in [0.15, 0.2) is 5.82 Å². The number of halogens is 2. The molecule has 35 heavy (non-hydrogen) atoms. The number of pyridine rings is 2. The van der Waals surface area contributed by atoms with Crippen molar-refractivity contribution in [1.29, 1.82) is 0 Å². The molecule has 0 radical (unpaired) electrons. The average molecular weight is 498 g/mol. The number of hydrogen-bond acceptors (Lipinski definition) is 7. The van der Waals surface area contributed by atoms with Gasteiger partial charge >= 0.3 is 0 Å². The van der Waals surface area contributed by atoms with E-state index in [4.69, 9.17) is 16.3 Å². The Morgan fingerprint density at radius 1 is 1.26 bits per heavy atom. The summed E-state index contributed by atoms with van der Waals surface area (Å²) in [4.78, 5) is 30.2. The summed E-state index contributed by atoms with van der Waals surface area (Å²) in [5.74, 6) is -0.126. The highest BCUT2D eigenvalue weighted by molar-refractivity contribution is 6.31. The Bertz CT molecular complexity index is 1390. The molecule has 4 rings (SSSR count). The molecule has 1 aliphatic rings. The fraction of sp³-hybridized carbons (Fsp3) is 0.320. The smallest absolute Gasteiger partial charge is 0.273 e. The summed E-state index contributed by atoms with van der Waals surface area (Å²) in [7, 11) is 0. The number of aryl methyl sites for hydroxylation is 1. The van der Waals surface area contributed by atoms with Gasteiger partial charge in [-0.3, -0.25) is 9.79 Å². The van der Waals surface area contributed by atoms with Gasteiger partial charge in [0, 0.05) is 30.6 Å². The number of aliphatic imine (C=N–C) groups is 1. The van der Waals surface area contributed by atoms with Crippen LogP contribution >= 0.6 is 11.6 Å². The fourth-order valence-electron chi connectivity index (χ4n) is 3.81. The van der Waals surface area contributed by atoms with Crippen molar-refractivity contribution in [2.24, 2.45) is 4.99 Å². The van der Waals surface area contributed by atoms with Gasteiger partial charge in [0.05, 0.1) is 23.1 Å². The van der Waals surface area contributed by atoms with E-state index in [9.17, 15) is 14.3 Å². The Morgan fingerprint density at radius 3 is 2.74 bits per heavy atom. The molecule has 1 atom stereocenters. The number of hydrogen-bond donors (Lipinski definition) is 1. The minimum atomic E-state index is -1.20. The standard InChI is InChI=1S/C25H25ClFN5O3/c1-14-12-29-18(17-8-9-28-24(31-17)25(3,4)34)11-19(14)32-15(2)10-20(22(26)23(32)33)35-13-16-6-5-7-21(27)30-16/h5-10,12,19,34H,11,13H2,1-4H3/t19-/m1/s1. The summed E-state index contributed by atoms with van der Waals surface area (Å²) >= 11 is 6.41. The van der Waals surface area contributed by atoms with E-state index in [1.54, 1.807) is 55.9 Å². The van der Waals surface area contributed by atoms with Gasteiger partial charge in [-0.15, -0.1) is 0 Å². The minimum Gasteiger partial charge on any atom is -0.485 e. The van der Waals surface area contributed by atoms with E-state index in [2.05, 4.69) is 19.9 Å². The second kappa shape index (κ2) is 9.67. The van der Waals surface area contributed by atoms with Crippen LogP contribution in [0.2, 0.25) is 5.02 Å². The average Bonchev–Trinajstić information content (AvgIpc) is 2.81. The Morgan fingerprint density at radius 2 is 2.03 bits per heavy atom. The molecule has 3 aromatic rings. The molecule has 0 saturated heterocycles. The first-order valence-corrected chi connectivity index (χ1v) is 11.4. The van der Waals surface area contributed by atoms with E-state index in [1.807, 2.05) is 6.92 Å². The van der Waals surface area contributed by atoms with E-state index >= 15 is 0 Å². The summed E-state index contributed by atoms with van der Waals surface area (Å²) < 4.78 is 20.6. The third kappa shape index (κ3) is 5.31. The number of nitrogens with zero attached hydrogens (tertiary/aromatic N) is 5. The van der Waals surface area contributed by atoms with Crippen molar-refractivity contribution in [1.82, 2.24) is 19.5 Å². The second-order valence-corrected chi connectivity index (χ2v) is 9.25. The summed E-state index contributed by atoms with van der Waals surface area (Å²) in [5.41, 5.74) is 1.52. The summed E-state index contributed by atoms with van der Waals surface area (Å²) in [6, 6.07) is 7.46. The van der Waals surface area contributed by atoms with Crippen LogP contribution in [0.25, 0.3) is 0 Å². The summed E-state index contributed by atoms with van der Waals surface area (Å²) in [5, 5.41) is 10.2. The maximum absolute atomic E-state index is 13.3. The van der Waals surface area contributed by atoms with E-state index in [1.165, 1.54) is 12.1 Å². The van der Waals surface area contributed by atoms with Crippen molar-refractivity contribution in [3.63, 3.8) is 0 Å². The van der Waals surface area contributed by atoms with Gasteiger partial charge < -0.3 is 14.4 Å². The molecule has 0 spiro atoms. The lowest BCUT2D eigenvalue weighted by Gasteiger charge is -2.27. The molecule has 0 amide bonds. The Kier molecular flexibility index (Phi) is 6.82. The largest absolute Gasteiger partial charge is 0.485 e. The van der Waals surface area contributed by atoms with Gasteiger partial charge in [0.1, 0.15) is 23.0 Å². The van der Waals surface area contributed by atoms with Crippen molar-refractivity contribution < 1.29 is 14.2 Å². The molecule has 0 aromatic carbocycles. The molecular formula is C25H25ClFN5O3. The van der Waals surface area contributed by atoms with E-state index < -0.39 is 17.1 Å². The van der Waals surface area contributed by atoms with Crippen LogP contribution in [0.1, 0.15) is 56.1 Å². The highest BCUT2D eigenvalue weighted by Crippen LogP contribution is 2.31. The Hall–Kier alpha value is -3.43. The van der Waals surface area contributed by atoms with Crippen LogP contribution in [0.3, 0.4) is 0 Å². The molecule has 0 saturated carbocycles. The number of allylic oxidation sites excluding steroid dienone is 1. The van der Waals surface area contributed by atoms with Gasteiger partial charge in [-0.1, -0.05) is 17.7 Å². The number of aliphatic hydroxyl groups is 1. The predicted molar refractivity (Wildman–Crippen MR) is 130 cm³/mol. The van der Waals surface area contributed by atoms with E-state index in [0.717, 1.165) is 5.57 Å². The van der Waals surface area contributed by atoms with Crippen molar-refractivity contribution in [2.75, 3.05) is 0 Å². The first kappa shape index (κ1) is 24.7. The predicted octanol–water partition coefficient (Wildman–Crippen LogP) is 4.28. The summed E-state index contributed by atoms with van der Waals surface area (Å²) in [6.45, 7) is 6.88. The Labute approximate surface area is 206 Å². The lowest BCUT2D eigenvalue weighted by molar-refractivity contribution is 0.0686. The maximum Gasteiger partial charge on any atom is 0.273 e. The number of rotatable bonds is 6. The molecule has 0 fully saturated rings. The van der Waals surface area contributed by atoms with Crippen molar-refractivity contribution in [3.05, 3.63) is 92.5 Å². The van der Waals surface area contributed by atoms with Crippen LogP contribution in [0.15, 0.2) is 58.1 Å². The zero-order valence-corrected chi connectivity index (χ0v) is 20.5. The molecule has 182 valence electrons. The lowest BCUT2D eigenvalue weighted by Crippen LogP contribution is -2.31. The van der Waals surface area contributed by atoms with E-state index in [0.29, 0.717) is 29.2 Å². The minimum absolute atomic E-state index is 0.0310. The Balaban J connectivity index is 1.62. The van der Waals surface area contributed by atoms with Crippen LogP contribution in [-0.2, 0) is 12.2 Å². The zero-order valence-electron chi connectivity index (χ0n) is 19.8. The number of aromatic nitrogens is 4. The van der Waals surface area contributed by atoms with Gasteiger partial charge in [-0.2, -0.15) is 4.39 Å². The van der Waals surface area contributed by atoms with E-state index in [-0.39, 0.29) is 29.2 Å². The third-order valence-electron chi connectivity index (χ3n) is 5.64. The summed E-state index contributed by atoms with van der Waals surface area (Å²) in [6.07, 6.45) is 3.68. The zero-order chi connectivity index (χ0) is 25.3. The van der Waals surface area contributed by atoms with Gasteiger partial charge in [-0.25, -0.2) is 15.0 Å². The molecule has 10 heteroatoms. The van der Waals surface area contributed by atoms with Crippen LogP contribution in [0.4, 0.5) is 4.39 Å². The monoisotopic (exact) mass is 497 g/mol. The molecule has 1 N–H and O–H groups in total. The lowest BCUT2D eigenvalue weighted by atomic mass is 9.97. The van der Waals surface area contributed by atoms with Crippen molar-refractivity contribution in [3.8, 4) is 5.75 Å². The van der Waals surface area contributed by atoms with Gasteiger partial charge in [0.25, 0.3) is 5.56 Å². The molecule has 0 aliphatic carbocycles. The highest BCUT2D eigenvalue weighted by Gasteiger charge is 2.27.